The monoisotopic (exact) mass is 300 g/mol. The average molecular weight is 300 g/mol. The average Bonchev–Trinajstić information content (AvgIpc) is 2.58. The lowest BCUT2D eigenvalue weighted by molar-refractivity contribution is -0.121. The highest BCUT2D eigenvalue weighted by Gasteiger charge is 2.05. The molecule has 1 aromatic heterocycles. The standard InChI is InChI=1S/C17H20N2O3/c1-22-16-8-13(9-18-11-16)6-7-17(21)19-10-14-4-2-3-5-15(14)12-20/h2-5,8-9,11,20H,6-7,10,12H2,1H3,(H,19,21). The van der Waals surface area contributed by atoms with Crippen molar-refractivity contribution in [3.8, 4) is 5.75 Å². The van der Waals surface area contributed by atoms with Gasteiger partial charge in [-0.1, -0.05) is 24.3 Å². The van der Waals surface area contributed by atoms with Gasteiger partial charge in [-0.2, -0.15) is 0 Å². The second-order valence-corrected chi connectivity index (χ2v) is 4.94. The Bertz CT molecular complexity index is 629. The lowest BCUT2D eigenvalue weighted by Gasteiger charge is -2.09. The predicted octanol–water partition coefficient (Wildman–Crippen LogP) is 1.83. The Kier molecular flexibility index (Phi) is 5.91. The summed E-state index contributed by atoms with van der Waals surface area (Å²) in [6.07, 6.45) is 4.36. The molecule has 22 heavy (non-hydrogen) atoms. The Morgan fingerprint density at radius 3 is 2.77 bits per heavy atom. The van der Waals surface area contributed by atoms with Gasteiger partial charge in [-0.05, 0) is 29.2 Å². The number of nitrogens with one attached hydrogen (secondary N) is 1. The smallest absolute Gasteiger partial charge is 0.220 e. The van der Waals surface area contributed by atoms with Crippen molar-refractivity contribution in [3.63, 3.8) is 0 Å². The van der Waals surface area contributed by atoms with Crippen molar-refractivity contribution in [2.24, 2.45) is 0 Å². The molecule has 0 saturated carbocycles. The fourth-order valence-corrected chi connectivity index (χ4v) is 2.14. The first-order valence-corrected chi connectivity index (χ1v) is 7.15. The summed E-state index contributed by atoms with van der Waals surface area (Å²) in [4.78, 5) is 16.0. The molecule has 0 aliphatic carbocycles. The van der Waals surface area contributed by atoms with E-state index in [1.54, 1.807) is 19.5 Å². The van der Waals surface area contributed by atoms with Crippen molar-refractivity contribution in [2.75, 3.05) is 7.11 Å². The minimum Gasteiger partial charge on any atom is -0.495 e. The molecule has 5 heteroatoms. The van der Waals surface area contributed by atoms with Crippen LogP contribution >= 0.6 is 0 Å². The Morgan fingerprint density at radius 1 is 1.27 bits per heavy atom. The third kappa shape index (κ3) is 4.56. The van der Waals surface area contributed by atoms with E-state index in [9.17, 15) is 9.90 Å². The van der Waals surface area contributed by atoms with Crippen LogP contribution in [0.5, 0.6) is 5.75 Å². The van der Waals surface area contributed by atoms with Gasteiger partial charge in [0.1, 0.15) is 5.75 Å². The van der Waals surface area contributed by atoms with Gasteiger partial charge >= 0.3 is 0 Å². The molecule has 2 N–H and O–H groups in total. The van der Waals surface area contributed by atoms with E-state index in [1.807, 2.05) is 30.3 Å². The molecule has 1 amide bonds. The molecule has 0 saturated heterocycles. The van der Waals surface area contributed by atoms with Crippen LogP contribution in [0.25, 0.3) is 0 Å². The molecule has 0 aliphatic heterocycles. The van der Waals surface area contributed by atoms with Gasteiger partial charge in [-0.15, -0.1) is 0 Å². The molecule has 0 fully saturated rings. The number of aryl methyl sites for hydroxylation is 1. The maximum atomic E-state index is 11.9. The number of amides is 1. The number of benzene rings is 1. The van der Waals surface area contributed by atoms with Crippen molar-refractivity contribution in [2.45, 2.75) is 26.0 Å². The SMILES string of the molecule is COc1cncc(CCC(=O)NCc2ccccc2CO)c1. The minimum absolute atomic E-state index is 0.0263. The molecular formula is C17H20N2O3. The van der Waals surface area contributed by atoms with Gasteiger partial charge in [-0.25, -0.2) is 0 Å². The zero-order chi connectivity index (χ0) is 15.8. The van der Waals surface area contributed by atoms with Gasteiger partial charge in [0.2, 0.25) is 5.91 Å². The minimum atomic E-state index is -0.0319. The molecule has 0 radical (unpaired) electrons. The van der Waals surface area contributed by atoms with Crippen LogP contribution in [0.3, 0.4) is 0 Å². The van der Waals surface area contributed by atoms with Crippen molar-refractivity contribution in [1.29, 1.82) is 0 Å². The van der Waals surface area contributed by atoms with E-state index >= 15 is 0 Å². The van der Waals surface area contributed by atoms with Gasteiger partial charge in [0, 0.05) is 19.2 Å². The Hall–Kier alpha value is -2.40. The molecule has 1 aromatic carbocycles. The van der Waals surface area contributed by atoms with Gasteiger partial charge in [0.15, 0.2) is 0 Å². The van der Waals surface area contributed by atoms with Crippen molar-refractivity contribution < 1.29 is 14.6 Å². The molecule has 2 aromatic rings. The first-order valence-electron chi connectivity index (χ1n) is 7.15. The lowest BCUT2D eigenvalue weighted by Crippen LogP contribution is -2.23. The van der Waals surface area contributed by atoms with Crippen LogP contribution in [0, 0.1) is 0 Å². The summed E-state index contributed by atoms with van der Waals surface area (Å²) < 4.78 is 5.11. The van der Waals surface area contributed by atoms with Crippen molar-refractivity contribution in [1.82, 2.24) is 10.3 Å². The molecule has 1 heterocycles. The Balaban J connectivity index is 1.83. The Labute approximate surface area is 130 Å². The van der Waals surface area contributed by atoms with E-state index in [0.29, 0.717) is 25.1 Å². The van der Waals surface area contributed by atoms with E-state index in [-0.39, 0.29) is 12.5 Å². The molecule has 116 valence electrons. The highest BCUT2D eigenvalue weighted by Crippen LogP contribution is 2.12. The summed E-state index contributed by atoms with van der Waals surface area (Å²) in [5.74, 6) is 0.658. The number of carbonyl (C=O) groups is 1. The van der Waals surface area contributed by atoms with Crippen LogP contribution in [0.4, 0.5) is 0 Å². The maximum absolute atomic E-state index is 11.9. The van der Waals surface area contributed by atoms with Crippen molar-refractivity contribution >= 4 is 5.91 Å². The van der Waals surface area contributed by atoms with E-state index in [4.69, 9.17) is 4.74 Å². The van der Waals surface area contributed by atoms with Crippen LogP contribution in [0.2, 0.25) is 0 Å². The zero-order valence-electron chi connectivity index (χ0n) is 12.6. The number of pyridine rings is 1. The summed E-state index contributed by atoms with van der Waals surface area (Å²) in [6.45, 7) is 0.396. The normalized spacial score (nSPS) is 10.3. The molecule has 0 bridgehead atoms. The third-order valence-corrected chi connectivity index (χ3v) is 3.41. The summed E-state index contributed by atoms with van der Waals surface area (Å²) in [5, 5.41) is 12.1. The van der Waals surface area contributed by atoms with E-state index in [1.165, 1.54) is 0 Å². The van der Waals surface area contributed by atoms with E-state index in [2.05, 4.69) is 10.3 Å². The van der Waals surface area contributed by atoms with Crippen LogP contribution < -0.4 is 10.1 Å². The fourth-order valence-electron chi connectivity index (χ4n) is 2.14. The first kappa shape index (κ1) is 16.0. The number of ether oxygens (including phenoxy) is 1. The van der Waals surface area contributed by atoms with Gasteiger partial charge in [0.05, 0.1) is 19.9 Å². The summed E-state index contributed by atoms with van der Waals surface area (Å²) in [6, 6.07) is 9.39. The first-order chi connectivity index (χ1) is 10.7. The molecule has 2 rings (SSSR count). The van der Waals surface area contributed by atoms with Gasteiger partial charge in [0.25, 0.3) is 0 Å². The molecular weight excluding hydrogens is 280 g/mol. The zero-order valence-corrected chi connectivity index (χ0v) is 12.6. The van der Waals surface area contributed by atoms with E-state index in [0.717, 1.165) is 16.7 Å². The van der Waals surface area contributed by atoms with Crippen LogP contribution in [-0.4, -0.2) is 23.1 Å². The highest BCUT2D eigenvalue weighted by atomic mass is 16.5. The maximum Gasteiger partial charge on any atom is 0.220 e. The van der Waals surface area contributed by atoms with Crippen LogP contribution in [0.15, 0.2) is 42.7 Å². The lowest BCUT2D eigenvalue weighted by atomic mass is 10.1. The van der Waals surface area contributed by atoms with Crippen molar-refractivity contribution in [3.05, 3.63) is 59.4 Å². The number of nitrogens with zero attached hydrogens (tertiary/aromatic N) is 1. The molecule has 0 aliphatic rings. The predicted molar refractivity (Wildman–Crippen MR) is 83.3 cm³/mol. The topological polar surface area (TPSA) is 71.5 Å². The molecule has 0 atom stereocenters. The second kappa shape index (κ2) is 8.14. The number of aliphatic hydroxyl groups is 1. The van der Waals surface area contributed by atoms with E-state index < -0.39 is 0 Å². The second-order valence-electron chi connectivity index (χ2n) is 4.94. The summed E-state index contributed by atoms with van der Waals surface area (Å²) in [7, 11) is 1.59. The number of methoxy groups -OCH3 is 1. The molecule has 0 spiro atoms. The summed E-state index contributed by atoms with van der Waals surface area (Å²) >= 11 is 0. The highest BCUT2D eigenvalue weighted by molar-refractivity contribution is 5.76. The van der Waals surface area contributed by atoms with Crippen LogP contribution in [-0.2, 0) is 24.4 Å². The quantitative estimate of drug-likeness (QED) is 0.818. The number of hydrogen-bond acceptors (Lipinski definition) is 4. The van der Waals surface area contributed by atoms with Gasteiger partial charge in [-0.3, -0.25) is 9.78 Å². The number of aromatic nitrogens is 1. The third-order valence-electron chi connectivity index (χ3n) is 3.41. The largest absolute Gasteiger partial charge is 0.495 e. The number of carbonyl (C=O) groups excluding carboxylic acids is 1. The van der Waals surface area contributed by atoms with Gasteiger partial charge < -0.3 is 15.2 Å². The number of aliphatic hydroxyl groups excluding tert-OH is 1. The number of rotatable bonds is 7. The Morgan fingerprint density at radius 2 is 2.05 bits per heavy atom. The molecule has 0 unspecified atom stereocenters. The summed E-state index contributed by atoms with van der Waals surface area (Å²) in [5.41, 5.74) is 2.73. The number of hydrogen-bond donors (Lipinski definition) is 2. The van der Waals surface area contributed by atoms with Crippen LogP contribution in [0.1, 0.15) is 23.1 Å². The fraction of sp³-hybridized carbons (Fsp3) is 0.294. The molecule has 5 nitrogen and oxygen atoms in total.